The Hall–Kier alpha value is -2.58. The first-order chi connectivity index (χ1) is 12.3. The van der Waals surface area contributed by atoms with Gasteiger partial charge in [0.1, 0.15) is 5.69 Å². The van der Waals surface area contributed by atoms with Gasteiger partial charge in [-0.2, -0.15) is 18.3 Å². The summed E-state index contributed by atoms with van der Waals surface area (Å²) in [6.45, 7) is 0.360. The maximum Gasteiger partial charge on any atom is 0.422 e. The van der Waals surface area contributed by atoms with Gasteiger partial charge in [-0.3, -0.25) is 9.89 Å². The van der Waals surface area contributed by atoms with Crippen molar-refractivity contribution in [1.29, 1.82) is 0 Å². The van der Waals surface area contributed by atoms with Crippen LogP contribution in [0.15, 0.2) is 18.3 Å². The molecule has 2 heterocycles. The van der Waals surface area contributed by atoms with Crippen molar-refractivity contribution in [2.24, 2.45) is 0 Å². The lowest BCUT2D eigenvalue weighted by molar-refractivity contribution is -0.154. The predicted octanol–water partition coefficient (Wildman–Crippen LogP) is 3.96. The third-order valence-electron chi connectivity index (χ3n) is 4.25. The SMILES string of the molecule is Cc1cc(C(=O)Nc2cnc(OCC(F)(F)F)c(C3CCCC3)c2)[nH]n1. The first kappa shape index (κ1) is 18.2. The predicted molar refractivity (Wildman–Crippen MR) is 88.3 cm³/mol. The number of hydrogen-bond donors (Lipinski definition) is 2. The van der Waals surface area contributed by atoms with Crippen LogP contribution in [0.4, 0.5) is 18.9 Å². The second-order valence-electron chi connectivity index (χ2n) is 6.38. The van der Waals surface area contributed by atoms with Crippen molar-refractivity contribution in [2.45, 2.75) is 44.7 Å². The molecule has 26 heavy (non-hydrogen) atoms. The zero-order valence-electron chi connectivity index (χ0n) is 14.2. The number of pyridine rings is 1. The van der Waals surface area contributed by atoms with Gasteiger partial charge in [0.15, 0.2) is 6.61 Å². The summed E-state index contributed by atoms with van der Waals surface area (Å²) in [6.07, 6.45) is 0.606. The van der Waals surface area contributed by atoms with E-state index >= 15 is 0 Å². The molecule has 0 aliphatic heterocycles. The lowest BCUT2D eigenvalue weighted by Crippen LogP contribution is -2.20. The molecule has 2 N–H and O–H groups in total. The molecule has 3 rings (SSSR count). The number of aryl methyl sites for hydroxylation is 1. The van der Waals surface area contributed by atoms with Crippen LogP contribution < -0.4 is 10.1 Å². The minimum Gasteiger partial charge on any atom is -0.468 e. The maximum atomic E-state index is 12.5. The van der Waals surface area contributed by atoms with E-state index in [1.807, 2.05) is 0 Å². The Labute approximate surface area is 148 Å². The molecule has 0 bridgehead atoms. The topological polar surface area (TPSA) is 79.9 Å². The van der Waals surface area contributed by atoms with E-state index in [9.17, 15) is 18.0 Å². The number of alkyl halides is 3. The van der Waals surface area contributed by atoms with E-state index in [0.29, 0.717) is 22.6 Å². The Kier molecular flexibility index (Phi) is 5.15. The third-order valence-corrected chi connectivity index (χ3v) is 4.25. The molecular weight excluding hydrogens is 349 g/mol. The number of hydrogen-bond acceptors (Lipinski definition) is 4. The van der Waals surface area contributed by atoms with Crippen LogP contribution in [0.2, 0.25) is 0 Å². The first-order valence-electron chi connectivity index (χ1n) is 8.34. The molecule has 140 valence electrons. The van der Waals surface area contributed by atoms with Crippen LogP contribution in [0.3, 0.4) is 0 Å². The summed E-state index contributed by atoms with van der Waals surface area (Å²) in [5.41, 5.74) is 1.98. The molecule has 0 atom stereocenters. The molecule has 0 unspecified atom stereocenters. The van der Waals surface area contributed by atoms with Gasteiger partial charge in [-0.25, -0.2) is 4.98 Å². The number of carbonyl (C=O) groups is 1. The summed E-state index contributed by atoms with van der Waals surface area (Å²) in [5.74, 6) is -0.338. The van der Waals surface area contributed by atoms with Crippen LogP contribution in [-0.2, 0) is 0 Å². The fraction of sp³-hybridized carbons (Fsp3) is 0.471. The van der Waals surface area contributed by atoms with E-state index in [1.54, 1.807) is 19.1 Å². The van der Waals surface area contributed by atoms with Crippen molar-refractivity contribution >= 4 is 11.6 Å². The highest BCUT2D eigenvalue weighted by Gasteiger charge is 2.30. The fourth-order valence-corrected chi connectivity index (χ4v) is 3.07. The fourth-order valence-electron chi connectivity index (χ4n) is 3.07. The number of aromatic nitrogens is 3. The average Bonchev–Trinajstić information content (AvgIpc) is 3.24. The average molecular weight is 368 g/mol. The Morgan fingerprint density at radius 2 is 2.08 bits per heavy atom. The molecule has 1 fully saturated rings. The Balaban J connectivity index is 1.80. The number of ether oxygens (including phenoxy) is 1. The summed E-state index contributed by atoms with van der Waals surface area (Å²) in [6, 6.07) is 3.25. The Bertz CT molecular complexity index is 783. The number of H-pyrrole nitrogens is 1. The van der Waals surface area contributed by atoms with E-state index in [-0.39, 0.29) is 11.8 Å². The molecular formula is C17H19F3N4O2. The molecule has 0 radical (unpaired) electrons. The molecule has 1 aliphatic carbocycles. The van der Waals surface area contributed by atoms with Gasteiger partial charge in [0, 0.05) is 5.56 Å². The molecule has 2 aromatic heterocycles. The number of rotatable bonds is 5. The smallest absolute Gasteiger partial charge is 0.422 e. The van der Waals surface area contributed by atoms with E-state index < -0.39 is 18.7 Å². The van der Waals surface area contributed by atoms with Gasteiger partial charge in [0.25, 0.3) is 5.91 Å². The highest BCUT2D eigenvalue weighted by atomic mass is 19.4. The number of nitrogens with zero attached hydrogens (tertiary/aromatic N) is 2. The lowest BCUT2D eigenvalue weighted by atomic mass is 9.98. The van der Waals surface area contributed by atoms with E-state index in [0.717, 1.165) is 25.7 Å². The van der Waals surface area contributed by atoms with Gasteiger partial charge in [0.05, 0.1) is 17.6 Å². The molecule has 0 spiro atoms. The largest absolute Gasteiger partial charge is 0.468 e. The monoisotopic (exact) mass is 368 g/mol. The normalized spacial score (nSPS) is 15.2. The minimum absolute atomic E-state index is 0.0235. The number of carbonyl (C=O) groups excluding carboxylic acids is 1. The summed E-state index contributed by atoms with van der Waals surface area (Å²) < 4.78 is 42.3. The maximum absolute atomic E-state index is 12.5. The van der Waals surface area contributed by atoms with Crippen molar-refractivity contribution in [3.63, 3.8) is 0 Å². The summed E-state index contributed by atoms with van der Waals surface area (Å²) in [7, 11) is 0. The Morgan fingerprint density at radius 1 is 1.35 bits per heavy atom. The van der Waals surface area contributed by atoms with Crippen molar-refractivity contribution in [2.75, 3.05) is 11.9 Å². The standard InChI is InChI=1S/C17H19F3N4O2/c1-10-6-14(24-23-10)15(25)22-12-7-13(11-4-2-3-5-11)16(21-8-12)26-9-17(18,19)20/h6-8,11H,2-5,9H2,1H3,(H,22,25)(H,23,24). The molecule has 1 amide bonds. The number of aromatic amines is 1. The molecule has 0 aromatic carbocycles. The molecule has 2 aromatic rings. The highest BCUT2D eigenvalue weighted by molar-refractivity contribution is 6.02. The van der Waals surface area contributed by atoms with E-state index in [1.165, 1.54) is 6.20 Å². The minimum atomic E-state index is -4.43. The number of anilines is 1. The van der Waals surface area contributed by atoms with Gasteiger partial charge in [0.2, 0.25) is 5.88 Å². The molecule has 1 saturated carbocycles. The molecule has 1 aliphatic rings. The van der Waals surface area contributed by atoms with Crippen LogP contribution in [0.1, 0.15) is 53.3 Å². The van der Waals surface area contributed by atoms with Crippen LogP contribution in [0, 0.1) is 6.92 Å². The highest BCUT2D eigenvalue weighted by Crippen LogP contribution is 2.39. The van der Waals surface area contributed by atoms with Crippen LogP contribution >= 0.6 is 0 Å². The second kappa shape index (κ2) is 7.35. The van der Waals surface area contributed by atoms with Gasteiger partial charge in [-0.15, -0.1) is 0 Å². The quantitative estimate of drug-likeness (QED) is 0.837. The molecule has 6 nitrogen and oxygen atoms in total. The summed E-state index contributed by atoms with van der Waals surface area (Å²) in [5, 5.41) is 9.19. The van der Waals surface area contributed by atoms with Crippen molar-refractivity contribution in [3.05, 3.63) is 35.3 Å². The van der Waals surface area contributed by atoms with Gasteiger partial charge in [-0.1, -0.05) is 12.8 Å². The zero-order chi connectivity index (χ0) is 18.7. The van der Waals surface area contributed by atoms with Gasteiger partial charge >= 0.3 is 6.18 Å². The molecule has 0 saturated heterocycles. The Morgan fingerprint density at radius 3 is 2.69 bits per heavy atom. The van der Waals surface area contributed by atoms with Gasteiger partial charge in [-0.05, 0) is 37.8 Å². The van der Waals surface area contributed by atoms with Crippen molar-refractivity contribution in [3.8, 4) is 5.88 Å². The number of amides is 1. The van der Waals surface area contributed by atoms with Gasteiger partial charge < -0.3 is 10.1 Å². The summed E-state index contributed by atoms with van der Waals surface area (Å²) in [4.78, 5) is 16.2. The van der Waals surface area contributed by atoms with E-state index in [2.05, 4.69) is 20.5 Å². The molecule has 9 heteroatoms. The second-order valence-corrected chi connectivity index (χ2v) is 6.38. The van der Waals surface area contributed by atoms with Crippen LogP contribution in [-0.4, -0.2) is 33.9 Å². The van der Waals surface area contributed by atoms with Crippen LogP contribution in [0.25, 0.3) is 0 Å². The van der Waals surface area contributed by atoms with Crippen molar-refractivity contribution < 1.29 is 22.7 Å². The van der Waals surface area contributed by atoms with Crippen LogP contribution in [0.5, 0.6) is 5.88 Å². The van der Waals surface area contributed by atoms with Crippen molar-refractivity contribution in [1.82, 2.24) is 15.2 Å². The summed E-state index contributed by atoms with van der Waals surface area (Å²) >= 11 is 0. The zero-order valence-corrected chi connectivity index (χ0v) is 14.2. The lowest BCUT2D eigenvalue weighted by Gasteiger charge is -2.17. The number of nitrogens with one attached hydrogen (secondary N) is 2. The number of halogens is 3. The van der Waals surface area contributed by atoms with E-state index in [4.69, 9.17) is 4.74 Å². The first-order valence-corrected chi connectivity index (χ1v) is 8.34. The third kappa shape index (κ3) is 4.53.